The highest BCUT2D eigenvalue weighted by molar-refractivity contribution is 7.89. The molecule has 0 unspecified atom stereocenters. The van der Waals surface area contributed by atoms with Crippen molar-refractivity contribution in [3.05, 3.63) is 69.1 Å². The summed E-state index contributed by atoms with van der Waals surface area (Å²) < 4.78 is 39.3. The summed E-state index contributed by atoms with van der Waals surface area (Å²) in [5.41, 5.74) is 2.63. The minimum atomic E-state index is -3.93. The summed E-state index contributed by atoms with van der Waals surface area (Å²) in [5, 5.41) is 0.753. The molecule has 0 bridgehead atoms. The largest absolute Gasteiger partial charge is 0.425 e. The zero-order chi connectivity index (χ0) is 24.5. The molecule has 1 N–H and O–H groups in total. The van der Waals surface area contributed by atoms with Gasteiger partial charge in [-0.25, -0.2) is 18.0 Å². The molecule has 33 heavy (non-hydrogen) atoms. The smallest absolute Gasteiger partial charge is 0.339 e. The summed E-state index contributed by atoms with van der Waals surface area (Å²) in [4.78, 5) is 25.2. The van der Waals surface area contributed by atoms with E-state index in [4.69, 9.17) is 9.15 Å². The van der Waals surface area contributed by atoms with Gasteiger partial charge in [0, 0.05) is 16.5 Å². The Morgan fingerprint density at radius 3 is 2.21 bits per heavy atom. The third-order valence-electron chi connectivity index (χ3n) is 5.65. The van der Waals surface area contributed by atoms with E-state index < -0.39 is 27.7 Å². The van der Waals surface area contributed by atoms with Crippen molar-refractivity contribution in [3.63, 3.8) is 0 Å². The lowest BCUT2D eigenvalue weighted by Crippen LogP contribution is -2.43. The first-order chi connectivity index (χ1) is 15.4. The van der Waals surface area contributed by atoms with Gasteiger partial charge in [0.1, 0.15) is 17.4 Å². The fourth-order valence-corrected chi connectivity index (χ4v) is 4.75. The molecule has 0 aliphatic rings. The second kappa shape index (κ2) is 9.49. The molecule has 0 saturated heterocycles. The Hall–Kier alpha value is -2.97. The lowest BCUT2D eigenvalue weighted by Gasteiger charge is -2.20. The van der Waals surface area contributed by atoms with Crippen molar-refractivity contribution >= 4 is 27.0 Å². The Bertz CT molecular complexity index is 1350. The molecule has 1 heterocycles. The van der Waals surface area contributed by atoms with Gasteiger partial charge in [0.25, 0.3) is 0 Å². The molecule has 0 radical (unpaired) electrons. The van der Waals surface area contributed by atoms with Gasteiger partial charge in [0.05, 0.1) is 4.90 Å². The molecule has 0 aliphatic carbocycles. The van der Waals surface area contributed by atoms with E-state index in [1.54, 1.807) is 38.1 Å². The summed E-state index contributed by atoms with van der Waals surface area (Å²) in [7, 11) is -3.93. The number of ether oxygens (including phenoxy) is 1. The number of benzene rings is 2. The van der Waals surface area contributed by atoms with Crippen LogP contribution in [0.3, 0.4) is 0 Å². The average molecular weight is 472 g/mol. The zero-order valence-corrected chi connectivity index (χ0v) is 20.5. The van der Waals surface area contributed by atoms with E-state index in [1.807, 2.05) is 27.7 Å². The summed E-state index contributed by atoms with van der Waals surface area (Å²) in [5.74, 6) is -0.486. The monoisotopic (exact) mass is 471 g/mol. The number of hydrogen-bond donors (Lipinski definition) is 1. The van der Waals surface area contributed by atoms with Gasteiger partial charge in [-0.3, -0.25) is 0 Å². The van der Waals surface area contributed by atoms with Crippen LogP contribution in [-0.2, 0) is 14.8 Å². The number of carbonyl (C=O) groups is 1. The number of rotatable bonds is 7. The molecule has 3 aromatic rings. The standard InChI is InChI=1S/C25H29NO6S/c1-14(2)13-21(26-33(29,30)19-9-7-15(3)8-10-19)25(28)31-22-12-11-20-16(4)17(5)24(27)32-23(20)18(22)6/h7-12,14,21,26H,13H2,1-6H3/t21-/m1/s1. The minimum Gasteiger partial charge on any atom is -0.425 e. The number of fused-ring (bicyclic) bond motifs is 1. The average Bonchev–Trinajstić information content (AvgIpc) is 2.74. The van der Waals surface area contributed by atoms with E-state index in [1.165, 1.54) is 12.1 Å². The van der Waals surface area contributed by atoms with Crippen LogP contribution in [-0.4, -0.2) is 20.4 Å². The lowest BCUT2D eigenvalue weighted by molar-refractivity contribution is -0.136. The Morgan fingerprint density at radius 1 is 0.970 bits per heavy atom. The quantitative estimate of drug-likeness (QED) is 0.313. The van der Waals surface area contributed by atoms with Crippen molar-refractivity contribution in [2.45, 2.75) is 58.9 Å². The van der Waals surface area contributed by atoms with Crippen LogP contribution < -0.4 is 15.1 Å². The number of esters is 1. The van der Waals surface area contributed by atoms with Gasteiger partial charge in [-0.05, 0) is 69.9 Å². The van der Waals surface area contributed by atoms with Crippen molar-refractivity contribution in [2.24, 2.45) is 5.92 Å². The summed E-state index contributed by atoms with van der Waals surface area (Å²) >= 11 is 0. The van der Waals surface area contributed by atoms with Gasteiger partial charge < -0.3 is 9.15 Å². The molecule has 1 atom stereocenters. The van der Waals surface area contributed by atoms with Crippen LogP contribution in [0.5, 0.6) is 5.75 Å². The van der Waals surface area contributed by atoms with E-state index in [2.05, 4.69) is 4.72 Å². The molecular formula is C25H29NO6S. The van der Waals surface area contributed by atoms with Crippen LogP contribution in [0.2, 0.25) is 0 Å². The first-order valence-electron chi connectivity index (χ1n) is 10.7. The fraction of sp³-hybridized carbons (Fsp3) is 0.360. The molecular weight excluding hydrogens is 442 g/mol. The van der Waals surface area contributed by atoms with Crippen LogP contribution in [0.1, 0.15) is 42.5 Å². The van der Waals surface area contributed by atoms with Crippen LogP contribution in [0.15, 0.2) is 50.5 Å². The highest BCUT2D eigenvalue weighted by Gasteiger charge is 2.29. The molecule has 0 saturated carbocycles. The topological polar surface area (TPSA) is 103 Å². The van der Waals surface area contributed by atoms with E-state index in [-0.39, 0.29) is 23.0 Å². The van der Waals surface area contributed by atoms with Gasteiger partial charge in [-0.2, -0.15) is 4.72 Å². The highest BCUT2D eigenvalue weighted by atomic mass is 32.2. The second-order valence-electron chi connectivity index (χ2n) is 8.74. The number of nitrogens with one attached hydrogen (secondary N) is 1. The number of aryl methyl sites for hydroxylation is 3. The lowest BCUT2D eigenvalue weighted by atomic mass is 10.0. The second-order valence-corrected chi connectivity index (χ2v) is 10.5. The molecule has 0 spiro atoms. The van der Waals surface area contributed by atoms with Gasteiger partial charge >= 0.3 is 11.6 Å². The number of sulfonamides is 1. The van der Waals surface area contributed by atoms with E-state index >= 15 is 0 Å². The van der Waals surface area contributed by atoms with E-state index in [0.717, 1.165) is 16.5 Å². The number of hydrogen-bond acceptors (Lipinski definition) is 6. The van der Waals surface area contributed by atoms with Crippen molar-refractivity contribution in [1.82, 2.24) is 4.72 Å². The predicted molar refractivity (Wildman–Crippen MR) is 127 cm³/mol. The van der Waals surface area contributed by atoms with Crippen molar-refractivity contribution in [3.8, 4) is 5.75 Å². The van der Waals surface area contributed by atoms with Crippen LogP contribution in [0, 0.1) is 33.6 Å². The SMILES string of the molecule is Cc1ccc(S(=O)(=O)N[C@H](CC(C)C)C(=O)Oc2ccc3c(C)c(C)c(=O)oc3c2C)cc1. The number of carbonyl (C=O) groups excluding carboxylic acids is 1. The first kappa shape index (κ1) is 24.7. The molecule has 1 aromatic heterocycles. The molecule has 176 valence electrons. The van der Waals surface area contributed by atoms with Gasteiger partial charge in [-0.15, -0.1) is 0 Å². The molecule has 7 nitrogen and oxygen atoms in total. The normalized spacial score (nSPS) is 12.8. The van der Waals surface area contributed by atoms with Crippen molar-refractivity contribution in [2.75, 3.05) is 0 Å². The molecule has 3 rings (SSSR count). The Balaban J connectivity index is 1.92. The highest BCUT2D eigenvalue weighted by Crippen LogP contribution is 2.29. The van der Waals surface area contributed by atoms with Crippen LogP contribution >= 0.6 is 0 Å². The molecule has 8 heteroatoms. The van der Waals surface area contributed by atoms with Crippen molar-refractivity contribution in [1.29, 1.82) is 0 Å². The third kappa shape index (κ3) is 5.34. The van der Waals surface area contributed by atoms with Gasteiger partial charge in [0.15, 0.2) is 0 Å². The van der Waals surface area contributed by atoms with E-state index in [9.17, 15) is 18.0 Å². The maximum absolute atomic E-state index is 13.0. The Kier molecular flexibility index (Phi) is 7.09. The first-order valence-corrected chi connectivity index (χ1v) is 12.2. The van der Waals surface area contributed by atoms with Gasteiger partial charge in [0.2, 0.25) is 10.0 Å². The summed E-state index contributed by atoms with van der Waals surface area (Å²) in [6, 6.07) is 8.65. The molecule has 0 fully saturated rings. The Labute approximate surface area is 193 Å². The van der Waals surface area contributed by atoms with Crippen molar-refractivity contribution < 1.29 is 22.4 Å². The zero-order valence-electron chi connectivity index (χ0n) is 19.7. The summed E-state index contributed by atoms with van der Waals surface area (Å²) in [6.07, 6.45) is 0.254. The van der Waals surface area contributed by atoms with Gasteiger partial charge in [-0.1, -0.05) is 31.5 Å². The van der Waals surface area contributed by atoms with E-state index in [0.29, 0.717) is 16.7 Å². The van der Waals surface area contributed by atoms with Crippen LogP contribution in [0.25, 0.3) is 11.0 Å². The third-order valence-corrected chi connectivity index (χ3v) is 7.14. The van der Waals surface area contributed by atoms with Crippen LogP contribution in [0.4, 0.5) is 0 Å². The maximum Gasteiger partial charge on any atom is 0.339 e. The molecule has 0 aliphatic heterocycles. The fourth-order valence-electron chi connectivity index (χ4n) is 3.55. The maximum atomic E-state index is 13.0. The predicted octanol–water partition coefficient (Wildman–Crippen LogP) is 4.33. The molecule has 0 amide bonds. The summed E-state index contributed by atoms with van der Waals surface area (Å²) in [6.45, 7) is 10.9. The minimum absolute atomic E-state index is 0.0321. The Morgan fingerprint density at radius 2 is 1.61 bits per heavy atom. The molecule has 2 aromatic carbocycles.